The molecule has 0 atom stereocenters. The van der Waals surface area contributed by atoms with E-state index in [9.17, 15) is 4.79 Å². The van der Waals surface area contributed by atoms with E-state index in [2.05, 4.69) is 25.6 Å². The number of halogens is 1. The van der Waals surface area contributed by atoms with Crippen LogP contribution < -0.4 is 5.32 Å². The quantitative estimate of drug-likeness (QED) is 0.670. The fourth-order valence-electron chi connectivity index (χ4n) is 1.89. The third kappa shape index (κ3) is 4.33. The Balaban J connectivity index is 1.52. The van der Waals surface area contributed by atoms with Crippen LogP contribution in [-0.2, 0) is 11.3 Å². The molecule has 3 rings (SSSR count). The van der Waals surface area contributed by atoms with Crippen molar-refractivity contribution >= 4 is 35.0 Å². The van der Waals surface area contributed by atoms with Gasteiger partial charge in [-0.2, -0.15) is 5.10 Å². The molecule has 10 heteroatoms. The molecule has 1 N–H and O–H groups in total. The largest absolute Gasteiger partial charge is 0.414 e. The van der Waals surface area contributed by atoms with E-state index in [1.165, 1.54) is 18.1 Å². The number of nitrogens with zero attached hydrogens (tertiary/aromatic N) is 5. The third-order valence-corrected chi connectivity index (χ3v) is 4.05. The highest BCUT2D eigenvalue weighted by Crippen LogP contribution is 2.21. The molecule has 0 saturated carbocycles. The summed E-state index contributed by atoms with van der Waals surface area (Å²) in [6.45, 7) is 2.22. The van der Waals surface area contributed by atoms with Crippen LogP contribution in [0.5, 0.6) is 0 Å². The molecule has 2 heterocycles. The molecule has 0 radical (unpaired) electrons. The molecule has 3 aromatic rings. The maximum atomic E-state index is 12.0. The van der Waals surface area contributed by atoms with Gasteiger partial charge in [0.15, 0.2) is 0 Å². The minimum atomic E-state index is -0.165. The predicted molar refractivity (Wildman–Crippen MR) is 89.0 cm³/mol. The van der Waals surface area contributed by atoms with E-state index in [0.717, 1.165) is 11.3 Å². The van der Waals surface area contributed by atoms with Crippen LogP contribution in [0, 0.1) is 6.92 Å². The molecular formula is C14H13ClN6O2S. The van der Waals surface area contributed by atoms with Crippen LogP contribution in [0.25, 0.3) is 0 Å². The van der Waals surface area contributed by atoms with Crippen LogP contribution in [-0.4, -0.2) is 36.6 Å². The summed E-state index contributed by atoms with van der Waals surface area (Å²) >= 11 is 7.06. The van der Waals surface area contributed by atoms with Gasteiger partial charge >= 0.3 is 0 Å². The van der Waals surface area contributed by atoms with Crippen LogP contribution >= 0.6 is 23.4 Å². The van der Waals surface area contributed by atoms with Gasteiger partial charge in [0.05, 0.1) is 5.75 Å². The first-order chi connectivity index (χ1) is 11.6. The van der Waals surface area contributed by atoms with E-state index in [1.54, 1.807) is 29.2 Å². The zero-order valence-corrected chi connectivity index (χ0v) is 14.2. The van der Waals surface area contributed by atoms with Gasteiger partial charge in [0, 0.05) is 10.7 Å². The Labute approximate surface area is 146 Å². The first-order valence-electron chi connectivity index (χ1n) is 6.94. The van der Waals surface area contributed by atoms with Crippen LogP contribution in [0.3, 0.4) is 0 Å². The second-order valence-corrected chi connectivity index (χ2v) is 6.21. The van der Waals surface area contributed by atoms with Gasteiger partial charge < -0.3 is 9.73 Å². The van der Waals surface area contributed by atoms with Crippen LogP contribution in [0.1, 0.15) is 11.5 Å². The Kier molecular flexibility index (Phi) is 5.11. The van der Waals surface area contributed by atoms with Crippen molar-refractivity contribution in [2.45, 2.75) is 18.7 Å². The molecule has 0 bridgehead atoms. The van der Waals surface area contributed by atoms with E-state index in [0.29, 0.717) is 22.7 Å². The van der Waals surface area contributed by atoms with E-state index in [1.807, 2.05) is 6.92 Å². The van der Waals surface area contributed by atoms with Gasteiger partial charge in [-0.05, 0) is 30.7 Å². The van der Waals surface area contributed by atoms with Gasteiger partial charge in [-0.25, -0.2) is 9.67 Å². The molecule has 0 fully saturated rings. The summed E-state index contributed by atoms with van der Waals surface area (Å²) in [5, 5.41) is 15.5. The SMILES string of the molecule is Cc1cc(Cl)ccc1NC(=O)CSc1nnc(Cn2cncn2)o1. The lowest BCUT2D eigenvalue weighted by Crippen LogP contribution is -2.14. The zero-order valence-electron chi connectivity index (χ0n) is 12.6. The molecule has 8 nitrogen and oxygen atoms in total. The highest BCUT2D eigenvalue weighted by Gasteiger charge is 2.11. The summed E-state index contributed by atoms with van der Waals surface area (Å²) in [7, 11) is 0. The third-order valence-electron chi connectivity index (χ3n) is 3.00. The average molecular weight is 365 g/mol. The number of carbonyl (C=O) groups excluding carboxylic acids is 1. The number of thioether (sulfide) groups is 1. The number of carbonyl (C=O) groups is 1. The minimum Gasteiger partial charge on any atom is -0.414 e. The molecular weight excluding hydrogens is 352 g/mol. The van der Waals surface area contributed by atoms with Crippen molar-refractivity contribution in [3.63, 3.8) is 0 Å². The molecule has 1 amide bonds. The van der Waals surface area contributed by atoms with E-state index in [-0.39, 0.29) is 11.7 Å². The van der Waals surface area contributed by atoms with Crippen molar-refractivity contribution in [3.8, 4) is 0 Å². The Hall–Kier alpha value is -2.39. The Morgan fingerprint density at radius 2 is 2.29 bits per heavy atom. The fraction of sp³-hybridized carbons (Fsp3) is 0.214. The maximum Gasteiger partial charge on any atom is 0.277 e. The molecule has 0 aliphatic heterocycles. The Bertz CT molecular complexity index is 836. The van der Waals surface area contributed by atoms with E-state index >= 15 is 0 Å². The number of hydrogen-bond donors (Lipinski definition) is 1. The topological polar surface area (TPSA) is 98.7 Å². The highest BCUT2D eigenvalue weighted by atomic mass is 35.5. The average Bonchev–Trinajstić information content (AvgIpc) is 3.20. The summed E-state index contributed by atoms with van der Waals surface area (Å²) in [6, 6.07) is 5.29. The van der Waals surface area contributed by atoms with Gasteiger partial charge in [0.25, 0.3) is 5.22 Å². The smallest absolute Gasteiger partial charge is 0.277 e. The molecule has 0 aliphatic rings. The molecule has 0 spiro atoms. The standard InChI is InChI=1S/C14H13ClN6O2S/c1-9-4-10(15)2-3-11(9)18-12(22)6-24-14-20-19-13(23-14)5-21-8-16-7-17-21/h2-4,7-8H,5-6H2,1H3,(H,18,22). The minimum absolute atomic E-state index is 0.160. The number of nitrogens with one attached hydrogen (secondary N) is 1. The van der Waals surface area contributed by atoms with E-state index < -0.39 is 0 Å². The lowest BCUT2D eigenvalue weighted by molar-refractivity contribution is -0.113. The van der Waals surface area contributed by atoms with Crippen molar-refractivity contribution in [3.05, 3.63) is 47.3 Å². The second kappa shape index (κ2) is 7.45. The number of hydrogen-bond acceptors (Lipinski definition) is 7. The second-order valence-electron chi connectivity index (χ2n) is 4.85. The monoisotopic (exact) mass is 364 g/mol. The molecule has 1 aromatic carbocycles. The number of aryl methyl sites for hydroxylation is 1. The number of benzene rings is 1. The van der Waals surface area contributed by atoms with Crippen molar-refractivity contribution < 1.29 is 9.21 Å². The Morgan fingerprint density at radius 3 is 3.04 bits per heavy atom. The van der Waals surface area contributed by atoms with Crippen LogP contribution in [0.15, 0.2) is 40.5 Å². The van der Waals surface area contributed by atoms with Gasteiger partial charge in [0.1, 0.15) is 19.2 Å². The van der Waals surface area contributed by atoms with Crippen molar-refractivity contribution in [1.82, 2.24) is 25.0 Å². The van der Waals surface area contributed by atoms with E-state index in [4.69, 9.17) is 16.0 Å². The zero-order chi connectivity index (χ0) is 16.9. The summed E-state index contributed by atoms with van der Waals surface area (Å²) in [5.41, 5.74) is 1.62. The normalized spacial score (nSPS) is 10.8. The van der Waals surface area contributed by atoms with Crippen LogP contribution in [0.2, 0.25) is 5.02 Å². The molecule has 0 unspecified atom stereocenters. The molecule has 124 valence electrons. The molecule has 0 aliphatic carbocycles. The summed E-state index contributed by atoms with van der Waals surface area (Å²) in [5.74, 6) is 0.394. The first kappa shape index (κ1) is 16.5. The first-order valence-corrected chi connectivity index (χ1v) is 8.30. The molecule has 2 aromatic heterocycles. The van der Waals surface area contributed by atoms with Crippen molar-refractivity contribution in [2.75, 3.05) is 11.1 Å². The lowest BCUT2D eigenvalue weighted by Gasteiger charge is -2.07. The van der Waals surface area contributed by atoms with Crippen molar-refractivity contribution in [2.24, 2.45) is 0 Å². The lowest BCUT2D eigenvalue weighted by atomic mass is 10.2. The summed E-state index contributed by atoms with van der Waals surface area (Å²) in [6.07, 6.45) is 2.98. The van der Waals surface area contributed by atoms with Crippen LogP contribution in [0.4, 0.5) is 5.69 Å². The van der Waals surface area contributed by atoms with Gasteiger partial charge in [-0.15, -0.1) is 10.2 Å². The van der Waals surface area contributed by atoms with Gasteiger partial charge in [-0.1, -0.05) is 23.4 Å². The van der Waals surface area contributed by atoms with Gasteiger partial charge in [-0.3, -0.25) is 4.79 Å². The summed E-state index contributed by atoms with van der Waals surface area (Å²) in [4.78, 5) is 15.8. The number of anilines is 1. The Morgan fingerprint density at radius 1 is 1.42 bits per heavy atom. The number of aromatic nitrogens is 5. The maximum absolute atomic E-state index is 12.0. The van der Waals surface area contributed by atoms with Crippen molar-refractivity contribution in [1.29, 1.82) is 0 Å². The predicted octanol–water partition coefficient (Wildman–Crippen LogP) is 2.40. The number of rotatable bonds is 6. The number of amides is 1. The summed E-state index contributed by atoms with van der Waals surface area (Å²) < 4.78 is 7.02. The molecule has 24 heavy (non-hydrogen) atoms. The molecule has 0 saturated heterocycles. The fourth-order valence-corrected chi connectivity index (χ4v) is 2.70. The highest BCUT2D eigenvalue weighted by molar-refractivity contribution is 7.99. The van der Waals surface area contributed by atoms with Gasteiger partial charge in [0.2, 0.25) is 11.8 Å².